The summed E-state index contributed by atoms with van der Waals surface area (Å²) in [4.78, 5) is 58.7. The second-order valence-corrected chi connectivity index (χ2v) is 9.22. The van der Waals surface area contributed by atoms with Crippen LogP contribution >= 0.6 is 0 Å². The number of carbonyl (C=O) groups is 4. The molecule has 0 unspecified atom stereocenters. The number of nitrogens with zero attached hydrogens (tertiary/aromatic N) is 3. The maximum absolute atomic E-state index is 13.2. The van der Waals surface area contributed by atoms with Crippen molar-refractivity contribution in [1.82, 2.24) is 20.5 Å². The van der Waals surface area contributed by atoms with Crippen LogP contribution in [0.1, 0.15) is 34.5 Å². The molecule has 0 radical (unpaired) electrons. The number of carbonyl (C=O) groups excluding carboxylic acids is 4. The van der Waals surface area contributed by atoms with E-state index in [0.717, 1.165) is 12.0 Å². The first-order chi connectivity index (χ1) is 17.4. The minimum atomic E-state index is -1.40. The van der Waals surface area contributed by atoms with Crippen molar-refractivity contribution in [3.05, 3.63) is 53.3 Å². The summed E-state index contributed by atoms with van der Waals surface area (Å²) in [7, 11) is 1.53. The van der Waals surface area contributed by atoms with Gasteiger partial charge in [-0.1, -0.05) is 6.07 Å². The van der Waals surface area contributed by atoms with Crippen LogP contribution < -0.4 is 20.3 Å². The number of furan rings is 1. The Morgan fingerprint density at radius 3 is 2.75 bits per heavy atom. The van der Waals surface area contributed by atoms with Crippen molar-refractivity contribution in [3.8, 4) is 5.75 Å². The fourth-order valence-electron chi connectivity index (χ4n) is 5.12. The zero-order valence-corrected chi connectivity index (χ0v) is 19.5. The first-order valence-electron chi connectivity index (χ1n) is 11.6. The minimum absolute atomic E-state index is 0.0401. The highest BCUT2D eigenvalue weighted by molar-refractivity contribution is 6.10. The molecule has 6 rings (SSSR count). The van der Waals surface area contributed by atoms with Crippen LogP contribution in [0.15, 0.2) is 40.8 Å². The number of benzene rings is 1. The van der Waals surface area contributed by atoms with Crippen molar-refractivity contribution < 1.29 is 28.3 Å². The van der Waals surface area contributed by atoms with Gasteiger partial charge in [0.15, 0.2) is 5.58 Å². The SMILES string of the molecule is COc1ccc2c(c1)C(=O)N(C[C@@]1(c3cc4nc(N5CCCNC5=O)ccc4o3)CC(=O)NC1=O)C2. The van der Waals surface area contributed by atoms with Crippen molar-refractivity contribution in [3.63, 3.8) is 0 Å². The predicted octanol–water partition coefficient (Wildman–Crippen LogP) is 1.70. The standard InChI is InChI=1S/C25H23N5O6/c1-35-15-4-3-14-12-29(22(32)16(14)9-15)13-25(11-21(31)28-23(25)33)19-10-17-18(36-19)5-6-20(27-17)30-8-2-7-26-24(30)34/h3-6,9-10H,2,7-8,11-13H2,1H3,(H,26,34)(H,28,31,33)/t25-/m1/s1. The quantitative estimate of drug-likeness (QED) is 0.521. The number of nitrogens with one attached hydrogen (secondary N) is 2. The molecule has 5 heterocycles. The number of urea groups is 1. The summed E-state index contributed by atoms with van der Waals surface area (Å²) >= 11 is 0. The predicted molar refractivity (Wildman–Crippen MR) is 127 cm³/mol. The van der Waals surface area contributed by atoms with Gasteiger partial charge >= 0.3 is 6.03 Å². The van der Waals surface area contributed by atoms with E-state index < -0.39 is 17.2 Å². The van der Waals surface area contributed by atoms with Gasteiger partial charge in [-0.3, -0.25) is 24.6 Å². The Labute approximate surface area is 205 Å². The summed E-state index contributed by atoms with van der Waals surface area (Å²) in [5.74, 6) is 0.0626. The largest absolute Gasteiger partial charge is 0.497 e. The highest BCUT2D eigenvalue weighted by Crippen LogP contribution is 2.39. The number of anilines is 1. The molecule has 2 saturated heterocycles. The van der Waals surface area contributed by atoms with Gasteiger partial charge in [0, 0.05) is 37.8 Å². The van der Waals surface area contributed by atoms with E-state index in [1.54, 1.807) is 40.1 Å². The van der Waals surface area contributed by atoms with E-state index in [-0.39, 0.29) is 30.7 Å². The molecular formula is C25H23N5O6. The van der Waals surface area contributed by atoms with Gasteiger partial charge in [0.2, 0.25) is 11.8 Å². The van der Waals surface area contributed by atoms with Crippen LogP contribution in [-0.4, -0.2) is 60.4 Å². The van der Waals surface area contributed by atoms with Crippen LogP contribution in [0.5, 0.6) is 5.75 Å². The molecule has 184 valence electrons. The number of imide groups is 1. The molecule has 2 fully saturated rings. The van der Waals surface area contributed by atoms with E-state index in [0.29, 0.717) is 47.9 Å². The number of hydrogen-bond acceptors (Lipinski definition) is 7. The van der Waals surface area contributed by atoms with E-state index >= 15 is 0 Å². The Hall–Kier alpha value is -4.41. The number of rotatable bonds is 5. The maximum Gasteiger partial charge on any atom is 0.323 e. The molecule has 2 aromatic heterocycles. The molecule has 1 aromatic carbocycles. The van der Waals surface area contributed by atoms with E-state index in [1.165, 1.54) is 7.11 Å². The van der Waals surface area contributed by atoms with Gasteiger partial charge in [0.05, 0.1) is 13.5 Å². The number of methoxy groups -OCH3 is 1. The molecule has 0 aliphatic carbocycles. The molecule has 0 bridgehead atoms. The number of pyridine rings is 1. The molecule has 11 heteroatoms. The number of aromatic nitrogens is 1. The Morgan fingerprint density at radius 2 is 2.00 bits per heavy atom. The molecule has 3 aromatic rings. The zero-order chi connectivity index (χ0) is 25.0. The third-order valence-corrected chi connectivity index (χ3v) is 6.99. The van der Waals surface area contributed by atoms with Crippen LogP contribution in [0.4, 0.5) is 10.6 Å². The summed E-state index contributed by atoms with van der Waals surface area (Å²) in [6.07, 6.45) is 0.641. The lowest BCUT2D eigenvalue weighted by molar-refractivity contribution is -0.127. The molecule has 0 saturated carbocycles. The van der Waals surface area contributed by atoms with Crippen molar-refractivity contribution in [1.29, 1.82) is 0 Å². The lowest BCUT2D eigenvalue weighted by Crippen LogP contribution is -2.46. The normalized spacial score (nSPS) is 21.7. The molecule has 3 aliphatic heterocycles. The van der Waals surface area contributed by atoms with Gasteiger partial charge in [-0.15, -0.1) is 0 Å². The monoisotopic (exact) mass is 489 g/mol. The summed E-state index contributed by atoms with van der Waals surface area (Å²) in [5, 5.41) is 5.16. The molecule has 1 atom stereocenters. The summed E-state index contributed by atoms with van der Waals surface area (Å²) in [6, 6.07) is 10.0. The Kier molecular flexibility index (Phi) is 4.95. The summed E-state index contributed by atoms with van der Waals surface area (Å²) in [6.45, 7) is 1.42. The Balaban J connectivity index is 1.36. The lowest BCUT2D eigenvalue weighted by atomic mass is 9.82. The average Bonchev–Trinajstić information content (AvgIpc) is 3.52. The van der Waals surface area contributed by atoms with Crippen molar-refractivity contribution >= 4 is 40.7 Å². The molecule has 0 spiro atoms. The fraction of sp³-hybridized carbons (Fsp3) is 0.320. The van der Waals surface area contributed by atoms with Crippen molar-refractivity contribution in [2.24, 2.45) is 0 Å². The van der Waals surface area contributed by atoms with Gasteiger partial charge in [-0.25, -0.2) is 9.78 Å². The third kappa shape index (κ3) is 3.38. The summed E-state index contributed by atoms with van der Waals surface area (Å²) < 4.78 is 11.3. The fourth-order valence-corrected chi connectivity index (χ4v) is 5.12. The van der Waals surface area contributed by atoms with Gasteiger partial charge in [-0.05, 0) is 36.2 Å². The van der Waals surface area contributed by atoms with E-state index in [2.05, 4.69) is 15.6 Å². The van der Waals surface area contributed by atoms with Gasteiger partial charge in [-0.2, -0.15) is 0 Å². The van der Waals surface area contributed by atoms with Crippen LogP contribution in [0, 0.1) is 0 Å². The number of amides is 5. The van der Waals surface area contributed by atoms with E-state index in [1.807, 2.05) is 6.07 Å². The highest BCUT2D eigenvalue weighted by Gasteiger charge is 2.53. The average molecular weight is 489 g/mol. The third-order valence-electron chi connectivity index (χ3n) is 6.99. The first kappa shape index (κ1) is 22.1. The second kappa shape index (κ2) is 8.08. The van der Waals surface area contributed by atoms with Crippen LogP contribution in [0.3, 0.4) is 0 Å². The second-order valence-electron chi connectivity index (χ2n) is 9.22. The van der Waals surface area contributed by atoms with Gasteiger partial charge in [0.1, 0.15) is 28.3 Å². The van der Waals surface area contributed by atoms with Crippen molar-refractivity contribution in [2.75, 3.05) is 31.6 Å². The van der Waals surface area contributed by atoms with Crippen molar-refractivity contribution in [2.45, 2.75) is 24.8 Å². The molecule has 11 nitrogen and oxygen atoms in total. The van der Waals surface area contributed by atoms with E-state index in [4.69, 9.17) is 9.15 Å². The first-order valence-corrected chi connectivity index (χ1v) is 11.6. The topological polar surface area (TPSA) is 134 Å². The smallest absolute Gasteiger partial charge is 0.323 e. The van der Waals surface area contributed by atoms with E-state index in [9.17, 15) is 19.2 Å². The number of ether oxygens (including phenoxy) is 1. The van der Waals surface area contributed by atoms with Crippen LogP contribution in [0.2, 0.25) is 0 Å². The highest BCUT2D eigenvalue weighted by atomic mass is 16.5. The minimum Gasteiger partial charge on any atom is -0.497 e. The molecular weight excluding hydrogens is 466 g/mol. The lowest BCUT2D eigenvalue weighted by Gasteiger charge is -2.28. The zero-order valence-electron chi connectivity index (χ0n) is 19.5. The summed E-state index contributed by atoms with van der Waals surface area (Å²) in [5.41, 5.74) is 0.787. The number of fused-ring (bicyclic) bond motifs is 2. The molecule has 5 amide bonds. The van der Waals surface area contributed by atoms with Gasteiger partial charge < -0.3 is 19.4 Å². The number of hydrogen-bond donors (Lipinski definition) is 2. The Morgan fingerprint density at radius 1 is 1.14 bits per heavy atom. The maximum atomic E-state index is 13.2. The van der Waals surface area contributed by atoms with Gasteiger partial charge in [0.25, 0.3) is 5.91 Å². The molecule has 36 heavy (non-hydrogen) atoms. The molecule has 2 N–H and O–H groups in total. The molecule has 3 aliphatic rings. The van der Waals surface area contributed by atoms with Crippen LogP contribution in [-0.2, 0) is 21.5 Å². The Bertz CT molecular complexity index is 1450. The van der Waals surface area contributed by atoms with Crippen LogP contribution in [0.25, 0.3) is 11.1 Å².